The predicted molar refractivity (Wildman–Crippen MR) is 77.0 cm³/mol. The Kier molecular flexibility index (Phi) is 4.58. The van der Waals surface area contributed by atoms with E-state index in [0.717, 1.165) is 40.9 Å². The highest BCUT2D eigenvalue weighted by molar-refractivity contribution is 5.70. The third-order valence-corrected chi connectivity index (χ3v) is 2.77. The van der Waals surface area contributed by atoms with Gasteiger partial charge in [0.25, 0.3) is 0 Å². The molecule has 0 unspecified atom stereocenters. The van der Waals surface area contributed by atoms with Gasteiger partial charge in [-0.15, -0.1) is 19.7 Å². The van der Waals surface area contributed by atoms with Crippen molar-refractivity contribution in [1.29, 1.82) is 0 Å². The van der Waals surface area contributed by atoms with Gasteiger partial charge < -0.3 is 11.5 Å². The summed E-state index contributed by atoms with van der Waals surface area (Å²) in [4.78, 5) is 0. The van der Waals surface area contributed by atoms with Crippen LogP contribution in [0.3, 0.4) is 0 Å². The van der Waals surface area contributed by atoms with Crippen LogP contribution in [-0.4, -0.2) is 0 Å². The van der Waals surface area contributed by atoms with E-state index in [2.05, 4.69) is 19.7 Å². The molecule has 0 aliphatic rings. The molecule has 0 aliphatic carbocycles. The quantitative estimate of drug-likeness (QED) is 0.581. The van der Waals surface area contributed by atoms with E-state index in [4.69, 9.17) is 11.5 Å². The number of nitrogens with two attached hydrogens (primary N) is 2. The Morgan fingerprint density at radius 1 is 0.824 bits per heavy atom. The summed E-state index contributed by atoms with van der Waals surface area (Å²) < 4.78 is 0. The standard InChI is InChI=1S/C15H20N2/c1-4-7-11-10-12(8-5-2)15(17)13(9-6-3)14(11)16/h4-6,10H,1-3,7-9,16-17H2. The normalized spacial score (nSPS) is 9.88. The van der Waals surface area contributed by atoms with Crippen molar-refractivity contribution in [1.82, 2.24) is 0 Å². The van der Waals surface area contributed by atoms with Crippen molar-refractivity contribution in [2.24, 2.45) is 0 Å². The van der Waals surface area contributed by atoms with Gasteiger partial charge in [0.15, 0.2) is 0 Å². The van der Waals surface area contributed by atoms with Crippen LogP contribution in [0.1, 0.15) is 16.7 Å². The summed E-state index contributed by atoms with van der Waals surface area (Å²) in [5.41, 5.74) is 16.9. The SMILES string of the molecule is C=CCc1cc(CC=C)c(N)c(CC=C)c1N. The number of rotatable bonds is 6. The van der Waals surface area contributed by atoms with Gasteiger partial charge in [-0.1, -0.05) is 24.3 Å². The van der Waals surface area contributed by atoms with Gasteiger partial charge in [-0.25, -0.2) is 0 Å². The van der Waals surface area contributed by atoms with Crippen LogP contribution < -0.4 is 11.5 Å². The number of nitrogen functional groups attached to an aromatic ring is 2. The summed E-state index contributed by atoms with van der Waals surface area (Å²) in [6.45, 7) is 11.2. The molecule has 0 saturated heterocycles. The van der Waals surface area contributed by atoms with Crippen LogP contribution in [0.2, 0.25) is 0 Å². The molecule has 1 rings (SSSR count). The highest BCUT2D eigenvalue weighted by Crippen LogP contribution is 2.29. The topological polar surface area (TPSA) is 52.0 Å². The third-order valence-electron chi connectivity index (χ3n) is 2.77. The molecule has 1 aromatic carbocycles. The molecule has 0 atom stereocenters. The molecule has 0 bridgehead atoms. The summed E-state index contributed by atoms with van der Waals surface area (Å²) in [6.07, 6.45) is 7.69. The molecule has 0 amide bonds. The van der Waals surface area contributed by atoms with E-state index >= 15 is 0 Å². The van der Waals surface area contributed by atoms with E-state index in [-0.39, 0.29) is 0 Å². The van der Waals surface area contributed by atoms with Crippen LogP contribution in [0.4, 0.5) is 11.4 Å². The first kappa shape index (κ1) is 13.1. The number of benzene rings is 1. The minimum atomic E-state index is 0.687. The summed E-state index contributed by atoms with van der Waals surface area (Å²) in [5.74, 6) is 0. The monoisotopic (exact) mass is 228 g/mol. The molecule has 0 aromatic heterocycles. The lowest BCUT2D eigenvalue weighted by atomic mass is 9.95. The molecule has 2 nitrogen and oxygen atoms in total. The van der Waals surface area contributed by atoms with Crippen molar-refractivity contribution >= 4 is 11.4 Å². The molecule has 0 fully saturated rings. The minimum absolute atomic E-state index is 0.687. The van der Waals surface area contributed by atoms with Crippen molar-refractivity contribution in [3.8, 4) is 0 Å². The number of hydrogen-bond donors (Lipinski definition) is 2. The summed E-state index contributed by atoms with van der Waals surface area (Å²) in [5, 5.41) is 0. The zero-order chi connectivity index (χ0) is 12.8. The Morgan fingerprint density at radius 3 is 1.59 bits per heavy atom. The number of allylic oxidation sites excluding steroid dienone is 3. The lowest BCUT2D eigenvalue weighted by Gasteiger charge is -2.15. The highest BCUT2D eigenvalue weighted by atomic mass is 14.6. The number of hydrogen-bond acceptors (Lipinski definition) is 2. The van der Waals surface area contributed by atoms with Gasteiger partial charge in [-0.3, -0.25) is 0 Å². The van der Waals surface area contributed by atoms with Crippen molar-refractivity contribution in [3.63, 3.8) is 0 Å². The van der Waals surface area contributed by atoms with Gasteiger partial charge in [0, 0.05) is 16.9 Å². The smallest absolute Gasteiger partial charge is 0.0406 e. The van der Waals surface area contributed by atoms with Gasteiger partial charge in [0.1, 0.15) is 0 Å². The van der Waals surface area contributed by atoms with Crippen LogP contribution in [0.25, 0.3) is 0 Å². The molecule has 4 N–H and O–H groups in total. The fourth-order valence-electron chi connectivity index (χ4n) is 1.91. The fraction of sp³-hybridized carbons (Fsp3) is 0.200. The molecule has 0 radical (unpaired) electrons. The van der Waals surface area contributed by atoms with Crippen LogP contribution in [-0.2, 0) is 19.3 Å². The molecule has 90 valence electrons. The first-order valence-corrected chi connectivity index (χ1v) is 5.66. The van der Waals surface area contributed by atoms with E-state index in [1.54, 1.807) is 0 Å². The second kappa shape index (κ2) is 5.94. The highest BCUT2D eigenvalue weighted by Gasteiger charge is 2.11. The maximum Gasteiger partial charge on any atom is 0.0406 e. The first-order valence-electron chi connectivity index (χ1n) is 5.66. The minimum Gasteiger partial charge on any atom is -0.398 e. The van der Waals surface area contributed by atoms with Crippen LogP contribution in [0.15, 0.2) is 44.0 Å². The van der Waals surface area contributed by atoms with E-state index in [9.17, 15) is 0 Å². The second-order valence-corrected chi connectivity index (χ2v) is 3.98. The van der Waals surface area contributed by atoms with Crippen LogP contribution in [0, 0.1) is 0 Å². The van der Waals surface area contributed by atoms with Crippen molar-refractivity contribution in [2.75, 3.05) is 11.5 Å². The van der Waals surface area contributed by atoms with E-state index in [1.165, 1.54) is 0 Å². The van der Waals surface area contributed by atoms with E-state index < -0.39 is 0 Å². The van der Waals surface area contributed by atoms with Gasteiger partial charge in [0.2, 0.25) is 0 Å². The fourth-order valence-corrected chi connectivity index (χ4v) is 1.91. The lowest BCUT2D eigenvalue weighted by molar-refractivity contribution is 1.16. The Labute approximate surface area is 103 Å². The molecule has 0 heterocycles. The Balaban J connectivity index is 3.38. The van der Waals surface area contributed by atoms with Crippen molar-refractivity contribution < 1.29 is 0 Å². The first-order chi connectivity index (χ1) is 8.15. The van der Waals surface area contributed by atoms with Crippen LogP contribution >= 0.6 is 0 Å². The van der Waals surface area contributed by atoms with E-state index in [1.807, 2.05) is 24.3 Å². The van der Waals surface area contributed by atoms with Gasteiger partial charge in [-0.2, -0.15) is 0 Å². The zero-order valence-electron chi connectivity index (χ0n) is 10.2. The Morgan fingerprint density at radius 2 is 1.24 bits per heavy atom. The maximum atomic E-state index is 6.12. The average molecular weight is 228 g/mol. The Hall–Kier alpha value is -1.96. The van der Waals surface area contributed by atoms with Crippen molar-refractivity contribution in [3.05, 3.63) is 60.7 Å². The van der Waals surface area contributed by atoms with Gasteiger partial charge in [-0.05, 0) is 30.4 Å². The Bertz CT molecular complexity index is 410. The summed E-state index contributed by atoms with van der Waals surface area (Å²) >= 11 is 0. The molecule has 0 aliphatic heterocycles. The molecule has 0 saturated carbocycles. The molecule has 2 heteroatoms. The van der Waals surface area contributed by atoms with Gasteiger partial charge in [0.05, 0.1) is 0 Å². The molecule has 1 aromatic rings. The molecule has 0 spiro atoms. The largest absolute Gasteiger partial charge is 0.398 e. The lowest BCUT2D eigenvalue weighted by Crippen LogP contribution is -2.07. The summed E-state index contributed by atoms with van der Waals surface area (Å²) in [6, 6.07) is 2.04. The average Bonchev–Trinajstić information content (AvgIpc) is 2.31. The molecular formula is C15H20N2. The second-order valence-electron chi connectivity index (χ2n) is 3.98. The maximum absolute atomic E-state index is 6.12. The zero-order valence-corrected chi connectivity index (χ0v) is 10.2. The number of anilines is 2. The van der Waals surface area contributed by atoms with Crippen molar-refractivity contribution in [2.45, 2.75) is 19.3 Å². The van der Waals surface area contributed by atoms with Gasteiger partial charge >= 0.3 is 0 Å². The molecular weight excluding hydrogens is 208 g/mol. The van der Waals surface area contributed by atoms with Crippen LogP contribution in [0.5, 0.6) is 0 Å². The van der Waals surface area contributed by atoms with E-state index in [0.29, 0.717) is 6.42 Å². The third kappa shape index (κ3) is 2.78. The molecule has 17 heavy (non-hydrogen) atoms. The summed E-state index contributed by atoms with van der Waals surface area (Å²) in [7, 11) is 0. The predicted octanol–water partition coefficient (Wildman–Crippen LogP) is 3.04.